The van der Waals surface area contributed by atoms with Crippen LogP contribution in [0.2, 0.25) is 0 Å². The maximum Gasteiger partial charge on any atom is 0.235 e. The number of carbonyl (C=O) groups is 1. The van der Waals surface area contributed by atoms with Crippen LogP contribution in [0, 0.1) is 5.82 Å². The number of anilines is 1. The SMILES string of the molecule is COCCCNC(=O)C(C)S(=O)c1cc(N)cc(F)c1. The molecule has 0 aromatic heterocycles. The molecule has 1 rings (SSSR count). The van der Waals surface area contributed by atoms with Crippen molar-refractivity contribution in [3.05, 3.63) is 24.0 Å². The van der Waals surface area contributed by atoms with Gasteiger partial charge in [0.1, 0.15) is 11.1 Å². The maximum absolute atomic E-state index is 13.2. The van der Waals surface area contributed by atoms with Gasteiger partial charge in [0.15, 0.2) is 0 Å². The largest absolute Gasteiger partial charge is 0.399 e. The van der Waals surface area contributed by atoms with Crippen molar-refractivity contribution in [2.24, 2.45) is 0 Å². The van der Waals surface area contributed by atoms with Crippen molar-refractivity contribution in [3.63, 3.8) is 0 Å². The summed E-state index contributed by atoms with van der Waals surface area (Å²) in [5.41, 5.74) is 5.68. The third kappa shape index (κ3) is 4.90. The quantitative estimate of drug-likeness (QED) is 0.583. The van der Waals surface area contributed by atoms with Crippen molar-refractivity contribution in [1.29, 1.82) is 0 Å². The van der Waals surface area contributed by atoms with Crippen LogP contribution in [0.3, 0.4) is 0 Å². The summed E-state index contributed by atoms with van der Waals surface area (Å²) >= 11 is 0. The van der Waals surface area contributed by atoms with Crippen LogP contribution >= 0.6 is 0 Å². The van der Waals surface area contributed by atoms with Crippen molar-refractivity contribution in [2.45, 2.75) is 23.5 Å². The highest BCUT2D eigenvalue weighted by Crippen LogP contribution is 2.17. The summed E-state index contributed by atoms with van der Waals surface area (Å²) in [7, 11) is -0.0721. The van der Waals surface area contributed by atoms with Gasteiger partial charge in [-0.05, 0) is 31.5 Å². The molecule has 3 N–H and O–H groups in total. The molecule has 0 fully saturated rings. The van der Waals surface area contributed by atoms with E-state index < -0.39 is 21.9 Å². The van der Waals surface area contributed by atoms with Crippen LogP contribution in [0.1, 0.15) is 13.3 Å². The van der Waals surface area contributed by atoms with E-state index in [0.717, 1.165) is 12.1 Å². The van der Waals surface area contributed by atoms with Crippen LogP contribution in [-0.2, 0) is 20.3 Å². The molecule has 0 radical (unpaired) electrons. The second-order valence-electron chi connectivity index (χ2n) is 4.30. The lowest BCUT2D eigenvalue weighted by molar-refractivity contribution is -0.120. The minimum absolute atomic E-state index is 0.182. The normalized spacial score (nSPS) is 13.8. The first-order valence-electron chi connectivity index (χ1n) is 6.19. The molecule has 0 bridgehead atoms. The molecule has 0 aliphatic rings. The Bertz CT molecular complexity index is 476. The summed E-state index contributed by atoms with van der Waals surface area (Å²) in [6.07, 6.45) is 0.675. The lowest BCUT2D eigenvalue weighted by atomic mass is 10.3. The zero-order valence-electron chi connectivity index (χ0n) is 11.5. The molecule has 112 valence electrons. The van der Waals surface area contributed by atoms with Crippen molar-refractivity contribution in [3.8, 4) is 0 Å². The number of hydrogen-bond acceptors (Lipinski definition) is 4. The monoisotopic (exact) mass is 302 g/mol. The van der Waals surface area contributed by atoms with Crippen LogP contribution in [0.5, 0.6) is 0 Å². The molecule has 20 heavy (non-hydrogen) atoms. The summed E-state index contributed by atoms with van der Waals surface area (Å²) < 4.78 is 30.3. The minimum Gasteiger partial charge on any atom is -0.399 e. The molecule has 1 aromatic carbocycles. The lowest BCUT2D eigenvalue weighted by Crippen LogP contribution is -2.36. The number of nitrogens with two attached hydrogens (primary N) is 1. The molecule has 0 aliphatic heterocycles. The van der Waals surface area contributed by atoms with Crippen LogP contribution < -0.4 is 11.1 Å². The van der Waals surface area contributed by atoms with Gasteiger partial charge in [0.05, 0.1) is 10.8 Å². The van der Waals surface area contributed by atoms with E-state index in [-0.39, 0.29) is 16.5 Å². The van der Waals surface area contributed by atoms with Gasteiger partial charge < -0.3 is 15.8 Å². The van der Waals surface area contributed by atoms with E-state index in [4.69, 9.17) is 10.5 Å². The first-order chi connectivity index (χ1) is 9.45. The molecule has 1 amide bonds. The molecule has 1 aromatic rings. The highest BCUT2D eigenvalue weighted by atomic mass is 32.2. The van der Waals surface area contributed by atoms with E-state index in [0.29, 0.717) is 19.6 Å². The van der Waals surface area contributed by atoms with Crippen LogP contribution in [0.4, 0.5) is 10.1 Å². The van der Waals surface area contributed by atoms with E-state index in [1.54, 1.807) is 7.11 Å². The first kappa shape index (κ1) is 16.6. The molecule has 0 saturated heterocycles. The predicted octanol–water partition coefficient (Wildman–Crippen LogP) is 1.06. The average Bonchev–Trinajstić information content (AvgIpc) is 2.40. The number of amides is 1. The van der Waals surface area contributed by atoms with Crippen LogP contribution in [0.15, 0.2) is 23.1 Å². The minimum atomic E-state index is -1.65. The van der Waals surface area contributed by atoms with Gasteiger partial charge in [0, 0.05) is 30.8 Å². The Morgan fingerprint density at radius 1 is 1.50 bits per heavy atom. The van der Waals surface area contributed by atoms with Gasteiger partial charge in [-0.25, -0.2) is 4.39 Å². The first-order valence-corrected chi connectivity index (χ1v) is 7.40. The number of ether oxygens (including phenoxy) is 1. The molecular weight excluding hydrogens is 283 g/mol. The van der Waals surface area contributed by atoms with Crippen molar-refractivity contribution in [1.82, 2.24) is 5.32 Å². The Morgan fingerprint density at radius 2 is 2.20 bits per heavy atom. The number of benzene rings is 1. The van der Waals surface area contributed by atoms with Gasteiger partial charge in [-0.1, -0.05) is 0 Å². The Morgan fingerprint density at radius 3 is 2.80 bits per heavy atom. The van der Waals surface area contributed by atoms with Gasteiger partial charge >= 0.3 is 0 Å². The third-order valence-electron chi connectivity index (χ3n) is 2.64. The van der Waals surface area contributed by atoms with Gasteiger partial charge in [-0.15, -0.1) is 0 Å². The molecular formula is C13H19FN2O3S. The van der Waals surface area contributed by atoms with Crippen molar-refractivity contribution < 1.29 is 18.1 Å². The highest BCUT2D eigenvalue weighted by molar-refractivity contribution is 7.86. The van der Waals surface area contributed by atoms with Gasteiger partial charge in [0.2, 0.25) is 5.91 Å². The smallest absolute Gasteiger partial charge is 0.235 e. The number of carbonyl (C=O) groups excluding carboxylic acids is 1. The molecule has 0 spiro atoms. The molecule has 7 heteroatoms. The van der Waals surface area contributed by atoms with Crippen LogP contribution in [0.25, 0.3) is 0 Å². The van der Waals surface area contributed by atoms with Crippen LogP contribution in [-0.4, -0.2) is 35.6 Å². The fourth-order valence-electron chi connectivity index (χ4n) is 1.57. The summed E-state index contributed by atoms with van der Waals surface area (Å²) in [6, 6.07) is 3.67. The number of halogens is 1. The summed E-state index contributed by atoms with van der Waals surface area (Å²) in [5.74, 6) is -0.914. The third-order valence-corrected chi connectivity index (χ3v) is 4.20. The van der Waals surface area contributed by atoms with Crippen molar-refractivity contribution in [2.75, 3.05) is 26.0 Å². The van der Waals surface area contributed by atoms with Crippen molar-refractivity contribution >= 4 is 22.4 Å². The number of hydrogen-bond donors (Lipinski definition) is 2. The molecule has 2 unspecified atom stereocenters. The fourth-order valence-corrected chi connectivity index (χ4v) is 2.74. The molecule has 0 heterocycles. The number of nitrogen functional groups attached to an aromatic ring is 1. The fraction of sp³-hybridized carbons (Fsp3) is 0.462. The van der Waals surface area contributed by atoms with E-state index in [9.17, 15) is 13.4 Å². The van der Waals surface area contributed by atoms with E-state index >= 15 is 0 Å². The second-order valence-corrected chi connectivity index (χ2v) is 6.07. The van der Waals surface area contributed by atoms with E-state index in [2.05, 4.69) is 5.32 Å². The number of rotatable bonds is 7. The average molecular weight is 302 g/mol. The topological polar surface area (TPSA) is 81.4 Å². The van der Waals surface area contributed by atoms with E-state index in [1.807, 2.05) is 0 Å². The second kappa shape index (κ2) is 7.96. The number of nitrogens with one attached hydrogen (secondary N) is 1. The van der Waals surface area contributed by atoms with Gasteiger partial charge in [-0.2, -0.15) is 0 Å². The molecule has 0 saturated carbocycles. The molecule has 0 aliphatic carbocycles. The standard InChI is InChI=1S/C13H19FN2O3S/c1-9(13(17)16-4-3-5-19-2)20(18)12-7-10(14)6-11(15)8-12/h6-9H,3-5,15H2,1-2H3,(H,16,17). The predicted molar refractivity (Wildman–Crippen MR) is 76.2 cm³/mol. The highest BCUT2D eigenvalue weighted by Gasteiger charge is 2.21. The van der Waals surface area contributed by atoms with Gasteiger partial charge in [-0.3, -0.25) is 9.00 Å². The Labute approximate surface area is 120 Å². The Hall–Kier alpha value is -1.47. The van der Waals surface area contributed by atoms with Gasteiger partial charge in [0.25, 0.3) is 0 Å². The Kier molecular flexibility index (Phi) is 6.60. The summed E-state index contributed by atoms with van der Waals surface area (Å²) in [4.78, 5) is 12.0. The maximum atomic E-state index is 13.2. The molecule has 5 nitrogen and oxygen atoms in total. The summed E-state index contributed by atoms with van der Waals surface area (Å²) in [5, 5.41) is 1.88. The lowest BCUT2D eigenvalue weighted by Gasteiger charge is -2.12. The number of methoxy groups -OCH3 is 1. The Balaban J connectivity index is 2.63. The molecule has 2 atom stereocenters. The zero-order chi connectivity index (χ0) is 15.1. The van der Waals surface area contributed by atoms with E-state index in [1.165, 1.54) is 13.0 Å². The zero-order valence-corrected chi connectivity index (χ0v) is 12.3. The summed E-state index contributed by atoms with van der Waals surface area (Å²) in [6.45, 7) is 2.51.